The maximum absolute atomic E-state index is 11.9. The van der Waals surface area contributed by atoms with Crippen LogP contribution in [0.5, 0.6) is 0 Å². The highest BCUT2D eigenvalue weighted by Crippen LogP contribution is 2.15. The van der Waals surface area contributed by atoms with Crippen LogP contribution in [0.15, 0.2) is 49.6 Å². The molecule has 24 heavy (non-hydrogen) atoms. The molecule has 6 nitrogen and oxygen atoms in total. The third-order valence-electron chi connectivity index (χ3n) is 3.00. The van der Waals surface area contributed by atoms with Crippen LogP contribution in [0.4, 0.5) is 0 Å². The van der Waals surface area contributed by atoms with E-state index >= 15 is 0 Å². The van der Waals surface area contributed by atoms with Crippen LogP contribution < -0.4 is 0 Å². The monoisotopic (exact) mass is 334 g/mol. The fraction of sp³-hybridized carbons (Fsp3) is 0.333. The molecular formula is C18H22O6. The van der Waals surface area contributed by atoms with E-state index in [2.05, 4.69) is 13.2 Å². The van der Waals surface area contributed by atoms with Crippen molar-refractivity contribution < 1.29 is 29.1 Å². The Hall–Kier alpha value is -2.44. The van der Waals surface area contributed by atoms with Crippen molar-refractivity contribution in [1.29, 1.82) is 0 Å². The van der Waals surface area contributed by atoms with Crippen molar-refractivity contribution in [2.75, 3.05) is 0 Å². The average molecular weight is 334 g/mol. The Morgan fingerprint density at radius 3 is 1.33 bits per heavy atom. The van der Waals surface area contributed by atoms with Crippen LogP contribution in [0.2, 0.25) is 0 Å². The van der Waals surface area contributed by atoms with Crippen LogP contribution in [0.1, 0.15) is 48.4 Å². The van der Waals surface area contributed by atoms with Gasteiger partial charge in [-0.3, -0.25) is 9.78 Å². The topological polar surface area (TPSA) is 71.1 Å². The molecule has 0 atom stereocenters. The molecule has 0 spiro atoms. The molecule has 0 unspecified atom stereocenters. The average Bonchev–Trinajstić information content (AvgIpc) is 2.58. The lowest BCUT2D eigenvalue weighted by atomic mass is 10.1. The van der Waals surface area contributed by atoms with Gasteiger partial charge in [-0.2, -0.15) is 9.78 Å². The van der Waals surface area contributed by atoms with Gasteiger partial charge in [-0.1, -0.05) is 12.2 Å². The van der Waals surface area contributed by atoms with Crippen molar-refractivity contribution in [3.63, 3.8) is 0 Å². The number of carbonyl (C=O) groups is 2. The van der Waals surface area contributed by atoms with Crippen LogP contribution in [0.3, 0.4) is 0 Å². The molecule has 1 rings (SSSR count). The molecule has 130 valence electrons. The number of rotatable bonds is 8. The van der Waals surface area contributed by atoms with Crippen LogP contribution in [-0.4, -0.2) is 23.1 Å². The first-order valence-electron chi connectivity index (χ1n) is 7.27. The lowest BCUT2D eigenvalue weighted by Crippen LogP contribution is -2.23. The molecule has 1 aromatic rings. The van der Waals surface area contributed by atoms with E-state index in [9.17, 15) is 9.59 Å². The van der Waals surface area contributed by atoms with Gasteiger partial charge in [0, 0.05) is 0 Å². The molecule has 0 bridgehead atoms. The first kappa shape index (κ1) is 19.6. The maximum atomic E-state index is 11.9. The Morgan fingerprint density at radius 1 is 0.792 bits per heavy atom. The number of benzene rings is 1. The summed E-state index contributed by atoms with van der Waals surface area (Å²) >= 11 is 0. The van der Waals surface area contributed by atoms with E-state index in [1.165, 1.54) is 36.4 Å². The summed E-state index contributed by atoms with van der Waals surface area (Å²) in [7, 11) is 0. The Kier molecular flexibility index (Phi) is 6.45. The van der Waals surface area contributed by atoms with E-state index in [0.717, 1.165) is 0 Å². The number of hydrogen-bond acceptors (Lipinski definition) is 6. The Morgan fingerprint density at radius 2 is 1.08 bits per heavy atom. The molecule has 0 saturated heterocycles. The minimum atomic E-state index is -0.797. The predicted octanol–water partition coefficient (Wildman–Crippen LogP) is 3.79. The van der Waals surface area contributed by atoms with Crippen molar-refractivity contribution >= 4 is 11.9 Å². The summed E-state index contributed by atoms with van der Waals surface area (Å²) in [6.07, 6.45) is 3.01. The van der Waals surface area contributed by atoms with E-state index in [1.807, 2.05) is 0 Å². The molecule has 6 heteroatoms. The van der Waals surface area contributed by atoms with Crippen molar-refractivity contribution in [1.82, 2.24) is 0 Å². The van der Waals surface area contributed by atoms with Crippen LogP contribution in [-0.2, 0) is 19.6 Å². The number of hydrogen-bond donors (Lipinski definition) is 0. The maximum Gasteiger partial charge on any atom is 0.373 e. The van der Waals surface area contributed by atoms with Crippen LogP contribution in [0.25, 0.3) is 0 Å². The molecule has 0 fully saturated rings. The van der Waals surface area contributed by atoms with E-state index in [-0.39, 0.29) is 11.1 Å². The van der Waals surface area contributed by atoms with Gasteiger partial charge >= 0.3 is 11.9 Å². The molecule has 0 amide bonds. The fourth-order valence-electron chi connectivity index (χ4n) is 1.20. The first-order valence-corrected chi connectivity index (χ1v) is 7.27. The second-order valence-corrected chi connectivity index (χ2v) is 6.10. The third-order valence-corrected chi connectivity index (χ3v) is 3.00. The fourth-order valence-corrected chi connectivity index (χ4v) is 1.20. The highest BCUT2D eigenvalue weighted by Gasteiger charge is 2.20. The van der Waals surface area contributed by atoms with Crippen LogP contribution >= 0.6 is 0 Å². The number of carbonyl (C=O) groups excluding carboxylic acids is 2. The standard InChI is InChI=1S/C18H22O6/c1-7-17(3,4)23-21-15(19)13-9-11-14(12-10-13)16(20)22-24-18(5,6)8-2/h7-12H,1-2H2,3-6H3. The van der Waals surface area contributed by atoms with Crippen molar-refractivity contribution in [3.05, 3.63) is 60.7 Å². The van der Waals surface area contributed by atoms with Crippen molar-refractivity contribution in [2.24, 2.45) is 0 Å². The van der Waals surface area contributed by atoms with Gasteiger partial charge in [0.15, 0.2) is 0 Å². The Labute approximate surface area is 141 Å². The summed E-state index contributed by atoms with van der Waals surface area (Å²) in [5, 5.41) is 0. The van der Waals surface area contributed by atoms with Gasteiger partial charge in [-0.05, 0) is 52.0 Å². The third kappa shape index (κ3) is 5.98. The Balaban J connectivity index is 2.65. The van der Waals surface area contributed by atoms with Gasteiger partial charge in [0.25, 0.3) is 0 Å². The molecule has 1 aromatic carbocycles. The molecule has 0 heterocycles. The zero-order valence-electron chi connectivity index (χ0n) is 14.3. The van der Waals surface area contributed by atoms with Crippen LogP contribution in [0, 0.1) is 0 Å². The van der Waals surface area contributed by atoms with E-state index in [1.54, 1.807) is 27.7 Å². The molecule has 0 aliphatic heterocycles. The normalized spacial score (nSPS) is 11.5. The highest BCUT2D eigenvalue weighted by molar-refractivity contribution is 5.92. The SMILES string of the molecule is C=CC(C)(C)OOC(=O)c1ccc(C(=O)OOC(C)(C)C=C)cc1. The van der Waals surface area contributed by atoms with Gasteiger partial charge in [0.1, 0.15) is 11.2 Å². The lowest BCUT2D eigenvalue weighted by molar-refractivity contribution is -0.292. The van der Waals surface area contributed by atoms with E-state index < -0.39 is 23.1 Å². The molecule has 0 N–H and O–H groups in total. The van der Waals surface area contributed by atoms with Gasteiger partial charge in [0.2, 0.25) is 0 Å². The zero-order chi connectivity index (χ0) is 18.4. The molecular weight excluding hydrogens is 312 g/mol. The summed E-state index contributed by atoms with van der Waals surface area (Å²) in [4.78, 5) is 43.1. The zero-order valence-corrected chi connectivity index (χ0v) is 14.3. The molecule has 0 aromatic heterocycles. The smallest absolute Gasteiger partial charge is 0.292 e. The summed E-state index contributed by atoms with van der Waals surface area (Å²) in [5.74, 6) is -1.37. The van der Waals surface area contributed by atoms with Crippen molar-refractivity contribution in [3.8, 4) is 0 Å². The van der Waals surface area contributed by atoms with Gasteiger partial charge < -0.3 is 0 Å². The highest BCUT2D eigenvalue weighted by atomic mass is 17.2. The minimum Gasteiger partial charge on any atom is -0.292 e. The summed E-state index contributed by atoms with van der Waals surface area (Å²) in [5.41, 5.74) is -1.15. The summed E-state index contributed by atoms with van der Waals surface area (Å²) in [6, 6.07) is 5.67. The molecule has 0 radical (unpaired) electrons. The second-order valence-electron chi connectivity index (χ2n) is 6.10. The quantitative estimate of drug-likeness (QED) is 0.409. The van der Waals surface area contributed by atoms with Gasteiger partial charge in [-0.25, -0.2) is 9.59 Å². The predicted molar refractivity (Wildman–Crippen MR) is 88.0 cm³/mol. The van der Waals surface area contributed by atoms with E-state index in [0.29, 0.717) is 0 Å². The second kappa shape index (κ2) is 7.90. The van der Waals surface area contributed by atoms with Gasteiger partial charge in [-0.15, -0.1) is 13.2 Å². The largest absolute Gasteiger partial charge is 0.373 e. The molecule has 0 saturated carbocycles. The van der Waals surface area contributed by atoms with E-state index in [4.69, 9.17) is 19.6 Å². The summed E-state index contributed by atoms with van der Waals surface area (Å²) < 4.78 is 0. The van der Waals surface area contributed by atoms with Gasteiger partial charge in [0.05, 0.1) is 11.1 Å². The lowest BCUT2D eigenvalue weighted by Gasteiger charge is -2.18. The Bertz CT molecular complexity index is 558. The first-order chi connectivity index (χ1) is 11.1. The summed E-state index contributed by atoms with van der Waals surface area (Å²) in [6.45, 7) is 13.9. The molecule has 0 aliphatic rings. The minimum absolute atomic E-state index is 0.221. The molecule has 0 aliphatic carbocycles. The van der Waals surface area contributed by atoms with Crippen molar-refractivity contribution in [2.45, 2.75) is 38.9 Å².